The number of halogens is 1. The molecule has 0 aromatic heterocycles. The number of rotatable bonds is 5. The van der Waals surface area contributed by atoms with E-state index in [4.69, 9.17) is 21.4 Å². The molecule has 114 valence electrons. The molecule has 6 heteroatoms. The van der Waals surface area contributed by atoms with Gasteiger partial charge in [-0.2, -0.15) is 0 Å². The molecular formula is C15H18ClNO4. The molecule has 1 aliphatic heterocycles. The maximum Gasteiger partial charge on any atom is 0.305 e. The monoisotopic (exact) mass is 311 g/mol. The lowest BCUT2D eigenvalue weighted by molar-refractivity contribution is -0.142. The fourth-order valence-corrected chi connectivity index (χ4v) is 2.75. The fourth-order valence-electron chi connectivity index (χ4n) is 2.57. The Morgan fingerprint density at radius 1 is 1.52 bits per heavy atom. The lowest BCUT2D eigenvalue weighted by atomic mass is 10.1. The summed E-state index contributed by atoms with van der Waals surface area (Å²) in [7, 11) is 0. The van der Waals surface area contributed by atoms with E-state index in [0.29, 0.717) is 17.3 Å². The normalized spacial score (nSPS) is 19.3. The number of carboxylic acids is 1. The summed E-state index contributed by atoms with van der Waals surface area (Å²) < 4.78 is 5.60. The van der Waals surface area contributed by atoms with Crippen LogP contribution in [-0.4, -0.2) is 40.6 Å². The van der Waals surface area contributed by atoms with Crippen LogP contribution in [0.15, 0.2) is 24.3 Å². The van der Waals surface area contributed by atoms with Gasteiger partial charge in [-0.3, -0.25) is 9.59 Å². The minimum atomic E-state index is -0.886. The van der Waals surface area contributed by atoms with E-state index < -0.39 is 12.1 Å². The summed E-state index contributed by atoms with van der Waals surface area (Å²) in [5.41, 5.74) is 0. The second-order valence-corrected chi connectivity index (χ2v) is 5.58. The van der Waals surface area contributed by atoms with Crippen LogP contribution in [0.25, 0.3) is 0 Å². The molecule has 1 aromatic carbocycles. The topological polar surface area (TPSA) is 66.8 Å². The van der Waals surface area contributed by atoms with Crippen LogP contribution in [0.1, 0.15) is 26.2 Å². The van der Waals surface area contributed by atoms with Crippen molar-refractivity contribution in [1.82, 2.24) is 4.90 Å². The molecule has 2 atom stereocenters. The van der Waals surface area contributed by atoms with E-state index in [2.05, 4.69) is 0 Å². The molecule has 1 saturated heterocycles. The van der Waals surface area contributed by atoms with Crippen molar-refractivity contribution in [3.8, 4) is 5.75 Å². The van der Waals surface area contributed by atoms with Gasteiger partial charge in [0, 0.05) is 17.6 Å². The first-order valence-electron chi connectivity index (χ1n) is 6.92. The van der Waals surface area contributed by atoms with Gasteiger partial charge in [0.2, 0.25) is 0 Å². The zero-order chi connectivity index (χ0) is 15.4. The first-order chi connectivity index (χ1) is 9.97. The number of likely N-dealkylation sites (tertiary alicyclic amines) is 1. The van der Waals surface area contributed by atoms with Gasteiger partial charge in [-0.15, -0.1) is 0 Å². The Bertz CT molecular complexity index is 534. The lowest BCUT2D eigenvalue weighted by Gasteiger charge is -2.26. The first kappa shape index (κ1) is 15.6. The standard InChI is InChI=1S/C15H18ClNO4/c1-10(21-13-6-2-4-11(16)8-13)15(20)17-7-3-5-12(17)9-14(18)19/h2,4,6,8,10,12H,3,5,7,9H2,1H3,(H,18,19). The molecule has 0 saturated carbocycles. The van der Waals surface area contributed by atoms with Crippen molar-refractivity contribution < 1.29 is 19.4 Å². The second-order valence-electron chi connectivity index (χ2n) is 5.14. The second kappa shape index (κ2) is 6.80. The van der Waals surface area contributed by atoms with Crippen molar-refractivity contribution in [2.75, 3.05) is 6.54 Å². The van der Waals surface area contributed by atoms with Crippen LogP contribution in [-0.2, 0) is 9.59 Å². The number of carboxylic acid groups (broad SMARTS) is 1. The summed E-state index contributed by atoms with van der Waals surface area (Å²) in [6.07, 6.45) is 0.864. The Balaban J connectivity index is 1.99. The zero-order valence-electron chi connectivity index (χ0n) is 11.8. The van der Waals surface area contributed by atoms with Crippen molar-refractivity contribution >= 4 is 23.5 Å². The quantitative estimate of drug-likeness (QED) is 0.907. The zero-order valence-corrected chi connectivity index (χ0v) is 12.5. The van der Waals surface area contributed by atoms with Gasteiger partial charge in [-0.1, -0.05) is 17.7 Å². The average molecular weight is 312 g/mol. The average Bonchev–Trinajstić information content (AvgIpc) is 2.85. The van der Waals surface area contributed by atoms with Crippen LogP contribution in [0.2, 0.25) is 5.02 Å². The van der Waals surface area contributed by atoms with E-state index in [0.717, 1.165) is 12.8 Å². The third-order valence-electron chi connectivity index (χ3n) is 3.53. The van der Waals surface area contributed by atoms with Crippen LogP contribution in [0.3, 0.4) is 0 Å². The van der Waals surface area contributed by atoms with Gasteiger partial charge < -0.3 is 14.7 Å². The molecule has 0 radical (unpaired) electrons. The number of ether oxygens (including phenoxy) is 1. The molecule has 1 aliphatic rings. The number of hydrogen-bond donors (Lipinski definition) is 1. The summed E-state index contributed by atoms with van der Waals surface area (Å²) in [6.45, 7) is 2.25. The molecule has 1 aromatic rings. The van der Waals surface area contributed by atoms with Gasteiger partial charge in [0.15, 0.2) is 6.10 Å². The molecule has 5 nitrogen and oxygen atoms in total. The molecule has 0 aliphatic carbocycles. The number of hydrogen-bond acceptors (Lipinski definition) is 3. The molecule has 0 spiro atoms. The summed E-state index contributed by atoms with van der Waals surface area (Å²) in [4.78, 5) is 24.9. The Kier molecular flexibility index (Phi) is 5.07. The van der Waals surface area contributed by atoms with Crippen molar-refractivity contribution in [3.05, 3.63) is 29.3 Å². The van der Waals surface area contributed by atoms with Gasteiger partial charge in [0.25, 0.3) is 5.91 Å². The largest absolute Gasteiger partial charge is 0.481 e. The fraction of sp³-hybridized carbons (Fsp3) is 0.467. The van der Waals surface area contributed by atoms with Gasteiger partial charge in [0.05, 0.1) is 6.42 Å². The number of aliphatic carboxylic acids is 1. The Morgan fingerprint density at radius 2 is 2.29 bits per heavy atom. The predicted molar refractivity (Wildman–Crippen MR) is 78.5 cm³/mol. The van der Waals surface area contributed by atoms with E-state index in [9.17, 15) is 9.59 Å². The smallest absolute Gasteiger partial charge is 0.305 e. The van der Waals surface area contributed by atoms with Crippen LogP contribution in [0.4, 0.5) is 0 Å². The highest BCUT2D eigenvalue weighted by atomic mass is 35.5. The van der Waals surface area contributed by atoms with Crippen molar-refractivity contribution in [1.29, 1.82) is 0 Å². The van der Waals surface area contributed by atoms with E-state index in [1.54, 1.807) is 36.1 Å². The Labute approximate surface area is 128 Å². The predicted octanol–water partition coefficient (Wildman–Crippen LogP) is 2.57. The Morgan fingerprint density at radius 3 is 2.95 bits per heavy atom. The molecule has 2 unspecified atom stereocenters. The molecule has 2 rings (SSSR count). The molecule has 1 fully saturated rings. The molecule has 1 N–H and O–H groups in total. The number of amides is 1. The highest BCUT2D eigenvalue weighted by Gasteiger charge is 2.33. The maximum absolute atomic E-state index is 12.4. The van der Waals surface area contributed by atoms with E-state index in [1.165, 1.54) is 0 Å². The third kappa shape index (κ3) is 4.11. The van der Waals surface area contributed by atoms with Crippen LogP contribution in [0, 0.1) is 0 Å². The minimum Gasteiger partial charge on any atom is -0.481 e. The summed E-state index contributed by atoms with van der Waals surface area (Å²) in [5.74, 6) is -0.542. The van der Waals surface area contributed by atoms with Crippen LogP contribution >= 0.6 is 11.6 Å². The molecule has 0 bridgehead atoms. The SMILES string of the molecule is CC(Oc1cccc(Cl)c1)C(=O)N1CCCC1CC(=O)O. The number of nitrogens with zero attached hydrogens (tertiary/aromatic N) is 1. The highest BCUT2D eigenvalue weighted by molar-refractivity contribution is 6.30. The van der Waals surface area contributed by atoms with Crippen LogP contribution in [0.5, 0.6) is 5.75 Å². The Hall–Kier alpha value is -1.75. The number of carbonyl (C=O) groups is 2. The first-order valence-corrected chi connectivity index (χ1v) is 7.29. The summed E-state index contributed by atoms with van der Waals surface area (Å²) >= 11 is 5.87. The van der Waals surface area contributed by atoms with Crippen molar-refractivity contribution in [3.63, 3.8) is 0 Å². The van der Waals surface area contributed by atoms with Gasteiger partial charge in [0.1, 0.15) is 5.75 Å². The van der Waals surface area contributed by atoms with Crippen molar-refractivity contribution in [2.45, 2.75) is 38.3 Å². The highest BCUT2D eigenvalue weighted by Crippen LogP contribution is 2.23. The van der Waals surface area contributed by atoms with Gasteiger partial charge in [-0.25, -0.2) is 0 Å². The van der Waals surface area contributed by atoms with Crippen LogP contribution < -0.4 is 4.74 Å². The van der Waals surface area contributed by atoms with E-state index in [1.807, 2.05) is 0 Å². The molecule has 1 amide bonds. The number of carbonyl (C=O) groups excluding carboxylic acids is 1. The van der Waals surface area contributed by atoms with E-state index in [-0.39, 0.29) is 18.4 Å². The van der Waals surface area contributed by atoms with Gasteiger partial charge in [-0.05, 0) is 38.0 Å². The molecule has 1 heterocycles. The number of benzene rings is 1. The van der Waals surface area contributed by atoms with Gasteiger partial charge >= 0.3 is 5.97 Å². The third-order valence-corrected chi connectivity index (χ3v) is 3.76. The van der Waals surface area contributed by atoms with Crippen molar-refractivity contribution in [2.24, 2.45) is 0 Å². The maximum atomic E-state index is 12.4. The summed E-state index contributed by atoms with van der Waals surface area (Å²) in [6, 6.07) is 6.61. The van der Waals surface area contributed by atoms with E-state index >= 15 is 0 Å². The lowest BCUT2D eigenvalue weighted by Crippen LogP contribution is -2.43. The summed E-state index contributed by atoms with van der Waals surface area (Å²) in [5, 5.41) is 9.43. The molecule has 21 heavy (non-hydrogen) atoms. The molecular weight excluding hydrogens is 294 g/mol. The minimum absolute atomic E-state index is 0.0182.